The molecule has 2 aliphatic heterocycles. The zero-order chi connectivity index (χ0) is 32.5. The summed E-state index contributed by atoms with van der Waals surface area (Å²) in [6.45, 7) is 8.10. The van der Waals surface area contributed by atoms with Crippen molar-refractivity contribution in [3.8, 4) is 11.5 Å². The molecule has 5 rings (SSSR count). The van der Waals surface area contributed by atoms with Crippen LogP contribution in [0, 0.1) is 0 Å². The number of ether oxygens (including phenoxy) is 3. The smallest absolute Gasteiger partial charge is 0.410 e. The summed E-state index contributed by atoms with van der Waals surface area (Å²) in [7, 11) is -0.616. The molecule has 3 aromatic rings. The highest BCUT2D eigenvalue weighted by Gasteiger charge is 2.36. The Morgan fingerprint density at radius 2 is 1.73 bits per heavy atom. The van der Waals surface area contributed by atoms with Gasteiger partial charge >= 0.3 is 6.09 Å². The van der Waals surface area contributed by atoms with Crippen molar-refractivity contribution in [1.29, 1.82) is 0 Å². The average Bonchev–Trinajstić information content (AvgIpc) is 3.32. The Kier molecular flexibility index (Phi) is 8.79. The molecule has 13 nitrogen and oxygen atoms in total. The lowest BCUT2D eigenvalue weighted by molar-refractivity contribution is 0.0240. The second-order valence-corrected chi connectivity index (χ2v) is 13.9. The number of pyridine rings is 2. The van der Waals surface area contributed by atoms with E-state index in [1.165, 1.54) is 13.3 Å². The van der Waals surface area contributed by atoms with Gasteiger partial charge in [-0.2, -0.15) is 0 Å². The number of anilines is 3. The molecule has 45 heavy (non-hydrogen) atoms. The molecule has 2 aliphatic rings. The molecule has 0 saturated carbocycles. The fourth-order valence-corrected chi connectivity index (χ4v) is 6.19. The number of aromatic nitrogens is 2. The molecule has 0 radical (unpaired) electrons. The van der Waals surface area contributed by atoms with E-state index in [0.717, 1.165) is 17.5 Å². The van der Waals surface area contributed by atoms with E-state index in [1.807, 2.05) is 32.9 Å². The van der Waals surface area contributed by atoms with E-state index in [2.05, 4.69) is 20.2 Å². The molecule has 240 valence electrons. The molecule has 0 unspecified atom stereocenters. The number of hydrogen-bond donors (Lipinski definition) is 1. The normalized spacial score (nSPS) is 15.2. The van der Waals surface area contributed by atoms with Crippen LogP contribution in [0.2, 0.25) is 0 Å². The van der Waals surface area contributed by atoms with E-state index in [0.29, 0.717) is 54.7 Å². The van der Waals surface area contributed by atoms with Gasteiger partial charge in [-0.1, -0.05) is 0 Å². The monoisotopic (exact) mass is 638 g/mol. The van der Waals surface area contributed by atoms with Crippen molar-refractivity contribution < 1.29 is 32.2 Å². The van der Waals surface area contributed by atoms with Crippen molar-refractivity contribution in [2.24, 2.45) is 0 Å². The number of sulfone groups is 1. The molecule has 0 atom stereocenters. The second-order valence-electron chi connectivity index (χ2n) is 11.9. The first-order valence-electron chi connectivity index (χ1n) is 14.5. The van der Waals surface area contributed by atoms with Gasteiger partial charge in [0, 0.05) is 56.2 Å². The number of rotatable bonds is 8. The van der Waals surface area contributed by atoms with E-state index < -0.39 is 15.4 Å². The van der Waals surface area contributed by atoms with Crippen LogP contribution in [0.4, 0.5) is 22.0 Å². The summed E-state index contributed by atoms with van der Waals surface area (Å²) in [5.41, 5.74) is 2.01. The number of fused-ring (bicyclic) bond motifs is 1. The summed E-state index contributed by atoms with van der Waals surface area (Å²) in [6, 6.07) is 9.01. The molecule has 0 spiro atoms. The number of carbonyl (C=O) groups is 2. The largest absolute Gasteiger partial charge is 0.497 e. The Balaban J connectivity index is 1.33. The lowest BCUT2D eigenvalue weighted by atomic mass is 10.1. The van der Waals surface area contributed by atoms with E-state index in [-0.39, 0.29) is 35.7 Å². The van der Waals surface area contributed by atoms with Gasteiger partial charge in [-0.25, -0.2) is 23.2 Å². The third-order valence-electron chi connectivity index (χ3n) is 7.50. The topological polar surface area (TPSA) is 143 Å². The van der Waals surface area contributed by atoms with Gasteiger partial charge in [-0.3, -0.25) is 4.79 Å². The molecule has 1 fully saturated rings. The van der Waals surface area contributed by atoms with Crippen molar-refractivity contribution in [3.05, 3.63) is 59.4 Å². The predicted octanol–water partition coefficient (Wildman–Crippen LogP) is 3.85. The number of carbonyl (C=O) groups excluding carboxylic acids is 2. The zero-order valence-corrected chi connectivity index (χ0v) is 27.1. The molecular formula is C31H38N6O7S. The molecule has 1 saturated heterocycles. The molecule has 0 aliphatic carbocycles. The van der Waals surface area contributed by atoms with Crippen molar-refractivity contribution in [1.82, 2.24) is 19.8 Å². The SMILES string of the molecule is COc1ccc(CN2Cc3c(S(C)(=O)=O)ncc(Nc4ccc(N5CCN(C(=O)OC(C)(C)C)CC5)cn4)c3C2=O)c(OC)c1. The van der Waals surface area contributed by atoms with Crippen LogP contribution in [0.25, 0.3) is 0 Å². The summed E-state index contributed by atoms with van der Waals surface area (Å²) < 4.78 is 41.5. The molecular weight excluding hydrogens is 600 g/mol. The average molecular weight is 639 g/mol. The van der Waals surface area contributed by atoms with E-state index in [9.17, 15) is 18.0 Å². The third kappa shape index (κ3) is 7.06. The number of methoxy groups -OCH3 is 2. The summed E-state index contributed by atoms with van der Waals surface area (Å²) in [5, 5.41) is 3.03. The maximum Gasteiger partial charge on any atom is 0.410 e. The molecule has 1 N–H and O–H groups in total. The van der Waals surface area contributed by atoms with Gasteiger partial charge in [-0.05, 0) is 45.0 Å². The van der Waals surface area contributed by atoms with Gasteiger partial charge in [0.2, 0.25) is 0 Å². The maximum atomic E-state index is 13.8. The van der Waals surface area contributed by atoms with E-state index in [1.54, 1.807) is 41.3 Å². The van der Waals surface area contributed by atoms with Gasteiger partial charge in [0.15, 0.2) is 14.9 Å². The molecule has 4 heterocycles. The fourth-order valence-electron chi connectivity index (χ4n) is 5.34. The van der Waals surface area contributed by atoms with Crippen LogP contribution in [-0.4, -0.2) is 92.4 Å². The zero-order valence-electron chi connectivity index (χ0n) is 26.3. The number of hydrogen-bond acceptors (Lipinski definition) is 11. The highest BCUT2D eigenvalue weighted by atomic mass is 32.2. The highest BCUT2D eigenvalue weighted by molar-refractivity contribution is 7.90. The molecule has 1 aromatic carbocycles. The van der Waals surface area contributed by atoms with Crippen molar-refractivity contribution in [3.63, 3.8) is 0 Å². The van der Waals surface area contributed by atoms with Crippen LogP contribution < -0.4 is 19.7 Å². The van der Waals surface area contributed by atoms with Gasteiger partial charge in [0.25, 0.3) is 5.91 Å². The van der Waals surface area contributed by atoms with E-state index >= 15 is 0 Å². The minimum absolute atomic E-state index is 0.0654. The van der Waals surface area contributed by atoms with Crippen molar-refractivity contribution >= 4 is 39.0 Å². The Bertz CT molecular complexity index is 1700. The summed E-state index contributed by atoms with van der Waals surface area (Å²) in [5.74, 6) is 1.29. The lowest BCUT2D eigenvalue weighted by Crippen LogP contribution is -2.50. The van der Waals surface area contributed by atoms with Crippen LogP contribution in [0.1, 0.15) is 42.3 Å². The van der Waals surface area contributed by atoms with Crippen LogP contribution in [0.5, 0.6) is 11.5 Å². The number of nitrogens with one attached hydrogen (secondary N) is 1. The Morgan fingerprint density at radius 1 is 1.00 bits per heavy atom. The highest BCUT2D eigenvalue weighted by Crippen LogP contribution is 2.36. The lowest BCUT2D eigenvalue weighted by Gasteiger charge is -2.36. The third-order valence-corrected chi connectivity index (χ3v) is 8.56. The Morgan fingerprint density at radius 3 is 2.33 bits per heavy atom. The van der Waals surface area contributed by atoms with Gasteiger partial charge in [-0.15, -0.1) is 0 Å². The molecule has 2 aromatic heterocycles. The van der Waals surface area contributed by atoms with Crippen LogP contribution in [-0.2, 0) is 27.7 Å². The van der Waals surface area contributed by atoms with Gasteiger partial charge in [0.1, 0.15) is 22.9 Å². The summed E-state index contributed by atoms with van der Waals surface area (Å²) in [4.78, 5) is 40.3. The van der Waals surface area contributed by atoms with Crippen LogP contribution in [0.15, 0.2) is 47.8 Å². The summed E-state index contributed by atoms with van der Waals surface area (Å²) >= 11 is 0. The molecule has 2 amide bonds. The Labute approximate surface area is 263 Å². The van der Waals surface area contributed by atoms with Gasteiger partial charge in [0.05, 0.1) is 50.1 Å². The predicted molar refractivity (Wildman–Crippen MR) is 168 cm³/mol. The number of benzene rings is 1. The number of amides is 2. The van der Waals surface area contributed by atoms with Crippen LogP contribution in [0.3, 0.4) is 0 Å². The van der Waals surface area contributed by atoms with Crippen molar-refractivity contribution in [2.75, 3.05) is 56.9 Å². The fraction of sp³-hybridized carbons (Fsp3) is 0.419. The van der Waals surface area contributed by atoms with E-state index in [4.69, 9.17) is 14.2 Å². The number of piperazine rings is 1. The molecule has 0 bridgehead atoms. The molecule has 14 heteroatoms. The second kappa shape index (κ2) is 12.4. The Hall–Kier alpha value is -4.59. The minimum atomic E-state index is -3.71. The van der Waals surface area contributed by atoms with Crippen molar-refractivity contribution in [2.45, 2.75) is 44.5 Å². The quantitative estimate of drug-likeness (QED) is 0.384. The van der Waals surface area contributed by atoms with Gasteiger partial charge < -0.3 is 34.2 Å². The van der Waals surface area contributed by atoms with Crippen LogP contribution >= 0.6 is 0 Å². The number of nitrogens with zero attached hydrogens (tertiary/aromatic N) is 5. The maximum absolute atomic E-state index is 13.8. The first-order chi connectivity index (χ1) is 21.3. The summed E-state index contributed by atoms with van der Waals surface area (Å²) in [6.07, 6.45) is 3.83. The first kappa shape index (κ1) is 31.8. The first-order valence-corrected chi connectivity index (χ1v) is 16.3. The minimum Gasteiger partial charge on any atom is -0.497 e. The standard InChI is InChI=1S/C31H38N6O7S/c1-31(2,3)44-30(39)36-13-11-35(12-14-36)21-8-10-26(32-16-21)34-24-17-33-28(45(6,40)41)23-19-37(29(38)27(23)24)18-20-7-9-22(42-4)15-25(20)43-5/h7-10,15-17H,11-14,18-19H2,1-6H3,(H,32,34).